The van der Waals surface area contributed by atoms with Crippen molar-refractivity contribution in [1.29, 1.82) is 0 Å². The number of benzene rings is 1. The van der Waals surface area contributed by atoms with E-state index in [0.717, 1.165) is 25.7 Å². The predicted octanol–water partition coefficient (Wildman–Crippen LogP) is 3.91. The third-order valence-corrected chi connectivity index (χ3v) is 3.81. The summed E-state index contributed by atoms with van der Waals surface area (Å²) < 4.78 is 0. The van der Waals surface area contributed by atoms with Gasteiger partial charge in [-0.3, -0.25) is 0 Å². The van der Waals surface area contributed by atoms with Gasteiger partial charge in [0, 0.05) is 5.41 Å². The summed E-state index contributed by atoms with van der Waals surface area (Å²) in [5, 5.41) is 10.4. The van der Waals surface area contributed by atoms with E-state index < -0.39 is 0 Å². The van der Waals surface area contributed by atoms with E-state index in [1.807, 2.05) is 6.07 Å². The maximum Gasteiger partial charge on any atom is 0.0636 e. The summed E-state index contributed by atoms with van der Waals surface area (Å²) in [6.45, 7) is 6.48. The van der Waals surface area contributed by atoms with Gasteiger partial charge in [-0.05, 0) is 24.8 Å². The van der Waals surface area contributed by atoms with Crippen molar-refractivity contribution in [3.05, 3.63) is 35.9 Å². The number of aliphatic hydroxyl groups excluding tert-OH is 1. The highest BCUT2D eigenvalue weighted by molar-refractivity contribution is 5.26. The molecule has 0 spiro atoms. The standard InChI is InChI=1S/C15H24O/c1-4-10-14(16)15(5-2,6-3)13-11-8-7-9-12-13/h7-9,11-12,14,16H,4-6,10H2,1-3H3/t14-/m1/s1. The van der Waals surface area contributed by atoms with Gasteiger partial charge in [0.05, 0.1) is 6.10 Å². The van der Waals surface area contributed by atoms with Gasteiger partial charge in [-0.1, -0.05) is 57.5 Å². The highest BCUT2D eigenvalue weighted by atomic mass is 16.3. The van der Waals surface area contributed by atoms with Crippen LogP contribution in [-0.2, 0) is 5.41 Å². The first-order chi connectivity index (χ1) is 7.71. The molecule has 16 heavy (non-hydrogen) atoms. The van der Waals surface area contributed by atoms with Crippen LogP contribution in [0.2, 0.25) is 0 Å². The van der Waals surface area contributed by atoms with Crippen molar-refractivity contribution in [2.24, 2.45) is 0 Å². The molecular formula is C15H24O. The van der Waals surface area contributed by atoms with Crippen LogP contribution in [0.25, 0.3) is 0 Å². The van der Waals surface area contributed by atoms with Crippen LogP contribution in [-0.4, -0.2) is 11.2 Å². The summed E-state index contributed by atoms with van der Waals surface area (Å²) in [4.78, 5) is 0. The molecule has 1 atom stereocenters. The Morgan fingerprint density at radius 1 is 1.06 bits per heavy atom. The lowest BCUT2D eigenvalue weighted by Crippen LogP contribution is -2.38. The van der Waals surface area contributed by atoms with E-state index in [9.17, 15) is 5.11 Å². The summed E-state index contributed by atoms with van der Waals surface area (Å²) in [7, 11) is 0. The van der Waals surface area contributed by atoms with Gasteiger partial charge in [-0.2, -0.15) is 0 Å². The first-order valence-electron chi connectivity index (χ1n) is 6.44. The zero-order chi connectivity index (χ0) is 12.0. The smallest absolute Gasteiger partial charge is 0.0636 e. The molecule has 1 N–H and O–H groups in total. The largest absolute Gasteiger partial charge is 0.392 e. The molecule has 0 saturated carbocycles. The highest BCUT2D eigenvalue weighted by Gasteiger charge is 2.35. The van der Waals surface area contributed by atoms with Crippen LogP contribution < -0.4 is 0 Å². The lowest BCUT2D eigenvalue weighted by atomic mass is 9.70. The van der Waals surface area contributed by atoms with Crippen LogP contribution in [0.15, 0.2) is 30.3 Å². The Bertz CT molecular complexity index is 288. The molecule has 1 aromatic rings. The number of aliphatic hydroxyl groups is 1. The molecule has 0 unspecified atom stereocenters. The first kappa shape index (κ1) is 13.2. The molecule has 0 aliphatic heterocycles. The van der Waals surface area contributed by atoms with Gasteiger partial charge < -0.3 is 5.11 Å². The van der Waals surface area contributed by atoms with E-state index in [0.29, 0.717) is 0 Å². The molecule has 0 aliphatic carbocycles. The molecular weight excluding hydrogens is 196 g/mol. The Morgan fingerprint density at radius 3 is 2.06 bits per heavy atom. The minimum absolute atomic E-state index is 0.0583. The molecule has 1 aromatic carbocycles. The summed E-state index contributed by atoms with van der Waals surface area (Å²) >= 11 is 0. The van der Waals surface area contributed by atoms with Gasteiger partial charge in [0.15, 0.2) is 0 Å². The van der Waals surface area contributed by atoms with Gasteiger partial charge in [-0.25, -0.2) is 0 Å². The average Bonchev–Trinajstić information content (AvgIpc) is 2.33. The summed E-state index contributed by atoms with van der Waals surface area (Å²) in [6.07, 6.45) is 3.69. The van der Waals surface area contributed by atoms with Crippen molar-refractivity contribution in [3.63, 3.8) is 0 Å². The quantitative estimate of drug-likeness (QED) is 0.770. The maximum atomic E-state index is 10.4. The molecule has 0 saturated heterocycles. The molecule has 0 aliphatic rings. The van der Waals surface area contributed by atoms with E-state index in [4.69, 9.17) is 0 Å². The Balaban J connectivity index is 3.05. The Labute approximate surface area is 99.5 Å². The minimum atomic E-state index is -0.227. The van der Waals surface area contributed by atoms with Crippen LogP contribution in [0, 0.1) is 0 Å². The fourth-order valence-corrected chi connectivity index (χ4v) is 2.64. The topological polar surface area (TPSA) is 20.2 Å². The Morgan fingerprint density at radius 2 is 1.62 bits per heavy atom. The monoisotopic (exact) mass is 220 g/mol. The molecule has 1 rings (SSSR count). The van der Waals surface area contributed by atoms with Crippen LogP contribution in [0.1, 0.15) is 52.0 Å². The molecule has 1 heteroatoms. The third kappa shape index (κ3) is 2.46. The molecule has 0 aromatic heterocycles. The van der Waals surface area contributed by atoms with Crippen LogP contribution >= 0.6 is 0 Å². The average molecular weight is 220 g/mol. The normalized spacial score (nSPS) is 13.8. The maximum absolute atomic E-state index is 10.4. The second-order valence-electron chi connectivity index (χ2n) is 4.53. The SMILES string of the molecule is CCC[C@@H](O)C(CC)(CC)c1ccccc1. The van der Waals surface area contributed by atoms with Gasteiger partial charge in [-0.15, -0.1) is 0 Å². The second-order valence-corrected chi connectivity index (χ2v) is 4.53. The van der Waals surface area contributed by atoms with E-state index in [1.54, 1.807) is 0 Å². The molecule has 0 fully saturated rings. The summed E-state index contributed by atoms with van der Waals surface area (Å²) in [5.74, 6) is 0. The van der Waals surface area contributed by atoms with Gasteiger partial charge in [0.1, 0.15) is 0 Å². The number of hydrogen-bond donors (Lipinski definition) is 1. The zero-order valence-electron chi connectivity index (χ0n) is 10.7. The van der Waals surface area contributed by atoms with E-state index in [1.165, 1.54) is 5.56 Å². The number of rotatable bonds is 6. The summed E-state index contributed by atoms with van der Waals surface area (Å²) in [5.41, 5.74) is 1.22. The van der Waals surface area contributed by atoms with Crippen LogP contribution in [0.3, 0.4) is 0 Å². The van der Waals surface area contributed by atoms with E-state index in [2.05, 4.69) is 45.0 Å². The molecule has 0 radical (unpaired) electrons. The van der Waals surface area contributed by atoms with Crippen molar-refractivity contribution < 1.29 is 5.11 Å². The summed E-state index contributed by atoms with van der Waals surface area (Å²) in [6, 6.07) is 10.5. The molecule has 0 amide bonds. The lowest BCUT2D eigenvalue weighted by Gasteiger charge is -2.37. The van der Waals surface area contributed by atoms with E-state index in [-0.39, 0.29) is 11.5 Å². The minimum Gasteiger partial charge on any atom is -0.392 e. The van der Waals surface area contributed by atoms with Crippen molar-refractivity contribution in [3.8, 4) is 0 Å². The zero-order valence-corrected chi connectivity index (χ0v) is 10.7. The van der Waals surface area contributed by atoms with Crippen molar-refractivity contribution >= 4 is 0 Å². The first-order valence-corrected chi connectivity index (χ1v) is 6.44. The van der Waals surface area contributed by atoms with Crippen LogP contribution in [0.5, 0.6) is 0 Å². The Hall–Kier alpha value is -0.820. The van der Waals surface area contributed by atoms with Crippen molar-refractivity contribution in [2.45, 2.75) is 58.0 Å². The number of hydrogen-bond acceptors (Lipinski definition) is 1. The Kier molecular flexibility index (Phi) is 5.01. The van der Waals surface area contributed by atoms with Crippen molar-refractivity contribution in [1.82, 2.24) is 0 Å². The van der Waals surface area contributed by atoms with E-state index >= 15 is 0 Å². The van der Waals surface area contributed by atoms with Gasteiger partial charge in [0.2, 0.25) is 0 Å². The fraction of sp³-hybridized carbons (Fsp3) is 0.600. The molecule has 0 bridgehead atoms. The molecule has 0 heterocycles. The van der Waals surface area contributed by atoms with Gasteiger partial charge in [0.25, 0.3) is 0 Å². The molecule has 90 valence electrons. The van der Waals surface area contributed by atoms with Crippen LogP contribution in [0.4, 0.5) is 0 Å². The predicted molar refractivity (Wildman–Crippen MR) is 69.6 cm³/mol. The lowest BCUT2D eigenvalue weighted by molar-refractivity contribution is 0.0649. The van der Waals surface area contributed by atoms with Gasteiger partial charge >= 0.3 is 0 Å². The van der Waals surface area contributed by atoms with Crippen molar-refractivity contribution in [2.75, 3.05) is 0 Å². The third-order valence-electron chi connectivity index (χ3n) is 3.81. The second kappa shape index (κ2) is 6.05. The molecule has 1 nitrogen and oxygen atoms in total. The highest BCUT2D eigenvalue weighted by Crippen LogP contribution is 2.36. The fourth-order valence-electron chi connectivity index (χ4n) is 2.64.